The highest BCUT2D eigenvalue weighted by Gasteiger charge is 2.34. The summed E-state index contributed by atoms with van der Waals surface area (Å²) in [6.45, 7) is -0.444. The highest BCUT2D eigenvalue weighted by Crippen LogP contribution is 2.19. The van der Waals surface area contributed by atoms with Crippen molar-refractivity contribution in [1.82, 2.24) is 5.48 Å². The van der Waals surface area contributed by atoms with E-state index in [0.29, 0.717) is 6.42 Å². The van der Waals surface area contributed by atoms with E-state index in [1.54, 1.807) is 0 Å². The van der Waals surface area contributed by atoms with Gasteiger partial charge in [-0.3, -0.25) is 14.4 Å². The normalized spacial score (nSPS) is 24.0. The number of hydrogen-bond donors (Lipinski definition) is 3. The fourth-order valence-corrected chi connectivity index (χ4v) is 1.26. The van der Waals surface area contributed by atoms with E-state index in [4.69, 9.17) is 15.6 Å². The molecule has 1 saturated heterocycles. The second-order valence-corrected chi connectivity index (χ2v) is 3.25. The SMILES string of the molecule is NC(=O)CONC(=O)[C@@H]1CC[C@H](C(=O)O)O1. The predicted molar refractivity (Wildman–Crippen MR) is 48.8 cm³/mol. The van der Waals surface area contributed by atoms with E-state index in [9.17, 15) is 14.4 Å². The lowest BCUT2D eigenvalue weighted by Crippen LogP contribution is -2.37. The third kappa shape index (κ3) is 3.48. The van der Waals surface area contributed by atoms with Crippen LogP contribution < -0.4 is 11.2 Å². The first-order valence-corrected chi connectivity index (χ1v) is 4.59. The summed E-state index contributed by atoms with van der Waals surface area (Å²) in [5.74, 6) is -2.45. The van der Waals surface area contributed by atoms with Crippen LogP contribution in [0.4, 0.5) is 0 Å². The number of carbonyl (C=O) groups excluding carboxylic acids is 2. The number of ether oxygens (including phenoxy) is 1. The molecule has 1 aliphatic rings. The molecule has 0 aromatic rings. The number of primary amides is 1. The van der Waals surface area contributed by atoms with Crippen molar-refractivity contribution in [1.29, 1.82) is 0 Å². The standard InChI is InChI=1S/C8H12N2O6/c9-6(11)3-15-10-7(12)4-1-2-5(16-4)8(13)14/h4-5H,1-3H2,(H2,9,11)(H,10,12)(H,13,14)/t4-,5+/m0/s1. The third-order valence-corrected chi connectivity index (χ3v) is 1.97. The van der Waals surface area contributed by atoms with E-state index < -0.39 is 36.6 Å². The van der Waals surface area contributed by atoms with E-state index in [1.165, 1.54) is 0 Å². The number of aliphatic carboxylic acids is 1. The molecule has 16 heavy (non-hydrogen) atoms. The Hall–Kier alpha value is -1.67. The fraction of sp³-hybridized carbons (Fsp3) is 0.625. The van der Waals surface area contributed by atoms with E-state index in [2.05, 4.69) is 4.84 Å². The molecular weight excluding hydrogens is 220 g/mol. The number of carbonyl (C=O) groups is 3. The zero-order valence-electron chi connectivity index (χ0n) is 8.34. The molecule has 2 atom stereocenters. The molecule has 1 rings (SSSR count). The summed E-state index contributed by atoms with van der Waals surface area (Å²) < 4.78 is 4.93. The molecule has 8 nitrogen and oxygen atoms in total. The first-order chi connectivity index (χ1) is 7.50. The lowest BCUT2D eigenvalue weighted by atomic mass is 10.2. The maximum absolute atomic E-state index is 11.3. The number of hydroxylamine groups is 1. The maximum atomic E-state index is 11.3. The van der Waals surface area contributed by atoms with Gasteiger partial charge in [0.15, 0.2) is 12.7 Å². The first kappa shape index (κ1) is 12.4. The molecule has 0 spiro atoms. The summed E-state index contributed by atoms with van der Waals surface area (Å²) in [5.41, 5.74) is 6.73. The third-order valence-electron chi connectivity index (χ3n) is 1.97. The molecule has 0 saturated carbocycles. The lowest BCUT2D eigenvalue weighted by Gasteiger charge is -2.10. The largest absolute Gasteiger partial charge is 0.479 e. The highest BCUT2D eigenvalue weighted by molar-refractivity contribution is 5.82. The average molecular weight is 232 g/mol. The van der Waals surface area contributed by atoms with Crippen LogP contribution in [0.15, 0.2) is 0 Å². The molecule has 1 aliphatic heterocycles. The monoisotopic (exact) mass is 232 g/mol. The number of carboxylic acid groups (broad SMARTS) is 1. The smallest absolute Gasteiger partial charge is 0.332 e. The van der Waals surface area contributed by atoms with Crippen molar-refractivity contribution in [3.05, 3.63) is 0 Å². The van der Waals surface area contributed by atoms with E-state index >= 15 is 0 Å². The van der Waals surface area contributed by atoms with Crippen LogP contribution in [0.2, 0.25) is 0 Å². The van der Waals surface area contributed by atoms with Gasteiger partial charge in [-0.15, -0.1) is 0 Å². The number of rotatable bonds is 5. The Kier molecular flexibility index (Phi) is 4.20. The minimum Gasteiger partial charge on any atom is -0.479 e. The topological polar surface area (TPSA) is 128 Å². The van der Waals surface area contributed by atoms with E-state index in [0.717, 1.165) is 0 Å². The summed E-state index contributed by atoms with van der Waals surface area (Å²) in [7, 11) is 0. The molecule has 0 radical (unpaired) electrons. The summed E-state index contributed by atoms with van der Waals surface area (Å²) >= 11 is 0. The molecule has 0 bridgehead atoms. The first-order valence-electron chi connectivity index (χ1n) is 4.59. The minimum absolute atomic E-state index is 0.267. The Morgan fingerprint density at radius 1 is 1.38 bits per heavy atom. The van der Waals surface area contributed by atoms with Gasteiger partial charge in [-0.1, -0.05) is 0 Å². The van der Waals surface area contributed by atoms with Crippen LogP contribution in [0, 0.1) is 0 Å². The summed E-state index contributed by atoms with van der Waals surface area (Å²) in [4.78, 5) is 36.6. The van der Waals surface area contributed by atoms with Gasteiger partial charge in [0.2, 0.25) is 5.91 Å². The Morgan fingerprint density at radius 2 is 2.00 bits per heavy atom. The molecule has 0 aliphatic carbocycles. The van der Waals surface area contributed by atoms with Crippen LogP contribution in [0.1, 0.15) is 12.8 Å². The Bertz CT molecular complexity index is 305. The predicted octanol–water partition coefficient (Wildman–Crippen LogP) is -1.85. The van der Waals surface area contributed by atoms with Gasteiger partial charge in [-0.2, -0.15) is 0 Å². The molecule has 0 unspecified atom stereocenters. The minimum atomic E-state index is -1.10. The number of nitrogens with one attached hydrogen (secondary N) is 1. The molecule has 2 amide bonds. The number of hydrogen-bond acceptors (Lipinski definition) is 5. The van der Waals surface area contributed by atoms with Crippen LogP contribution in [-0.2, 0) is 24.0 Å². The van der Waals surface area contributed by atoms with Crippen molar-refractivity contribution >= 4 is 17.8 Å². The Labute approximate surface area is 90.6 Å². The second kappa shape index (κ2) is 5.42. The van der Waals surface area contributed by atoms with Gasteiger partial charge in [0.25, 0.3) is 5.91 Å². The van der Waals surface area contributed by atoms with Gasteiger partial charge < -0.3 is 15.6 Å². The van der Waals surface area contributed by atoms with Crippen LogP contribution in [0.3, 0.4) is 0 Å². The van der Waals surface area contributed by atoms with Crippen molar-refractivity contribution in [2.45, 2.75) is 25.0 Å². The lowest BCUT2D eigenvalue weighted by molar-refractivity contribution is -0.155. The quantitative estimate of drug-likeness (QED) is 0.477. The van der Waals surface area contributed by atoms with Crippen LogP contribution in [-0.4, -0.2) is 41.7 Å². The van der Waals surface area contributed by atoms with Gasteiger partial charge in [0.05, 0.1) is 0 Å². The van der Waals surface area contributed by atoms with E-state index in [1.807, 2.05) is 5.48 Å². The summed E-state index contributed by atoms with van der Waals surface area (Å²) in [6, 6.07) is 0. The zero-order valence-corrected chi connectivity index (χ0v) is 8.34. The summed E-state index contributed by atoms with van der Waals surface area (Å²) in [6.07, 6.45) is -1.27. The molecular formula is C8H12N2O6. The Morgan fingerprint density at radius 3 is 2.50 bits per heavy atom. The molecule has 0 aromatic carbocycles. The van der Waals surface area contributed by atoms with Crippen LogP contribution in [0.25, 0.3) is 0 Å². The molecule has 8 heteroatoms. The van der Waals surface area contributed by atoms with Gasteiger partial charge in [0, 0.05) is 0 Å². The summed E-state index contributed by atoms with van der Waals surface area (Å²) in [5, 5.41) is 8.61. The molecule has 4 N–H and O–H groups in total. The van der Waals surface area contributed by atoms with Crippen molar-refractivity contribution in [3.63, 3.8) is 0 Å². The number of nitrogens with two attached hydrogens (primary N) is 1. The van der Waals surface area contributed by atoms with Crippen molar-refractivity contribution in [2.75, 3.05) is 6.61 Å². The van der Waals surface area contributed by atoms with E-state index in [-0.39, 0.29) is 6.42 Å². The zero-order chi connectivity index (χ0) is 12.1. The van der Waals surface area contributed by atoms with Crippen LogP contribution >= 0.6 is 0 Å². The maximum Gasteiger partial charge on any atom is 0.332 e. The van der Waals surface area contributed by atoms with Gasteiger partial charge >= 0.3 is 5.97 Å². The fourth-order valence-electron chi connectivity index (χ4n) is 1.26. The Balaban J connectivity index is 2.28. The van der Waals surface area contributed by atoms with Gasteiger partial charge in [-0.05, 0) is 12.8 Å². The van der Waals surface area contributed by atoms with Gasteiger partial charge in [-0.25, -0.2) is 10.3 Å². The van der Waals surface area contributed by atoms with Crippen molar-refractivity contribution < 1.29 is 29.1 Å². The molecule has 0 aromatic heterocycles. The molecule has 90 valence electrons. The van der Waals surface area contributed by atoms with Crippen molar-refractivity contribution in [2.24, 2.45) is 5.73 Å². The number of amides is 2. The highest BCUT2D eigenvalue weighted by atomic mass is 16.7. The van der Waals surface area contributed by atoms with Crippen LogP contribution in [0.5, 0.6) is 0 Å². The van der Waals surface area contributed by atoms with Crippen molar-refractivity contribution in [3.8, 4) is 0 Å². The second-order valence-electron chi connectivity index (χ2n) is 3.25. The number of carboxylic acids is 1. The average Bonchev–Trinajstić information content (AvgIpc) is 2.65. The molecule has 1 fully saturated rings. The molecule has 1 heterocycles. The van der Waals surface area contributed by atoms with Gasteiger partial charge in [0.1, 0.15) is 6.10 Å².